The summed E-state index contributed by atoms with van der Waals surface area (Å²) in [5.41, 5.74) is 5.27. The number of hydrogen-bond donors (Lipinski definition) is 0. The minimum absolute atomic E-state index is 0.726. The lowest BCUT2D eigenvalue weighted by Crippen LogP contribution is -1.96. The predicted molar refractivity (Wildman–Crippen MR) is 89.3 cm³/mol. The fraction of sp³-hybridized carbons (Fsp3) is 0. The molecule has 0 fully saturated rings. The Hall–Kier alpha value is -2.65. The number of hydrogen-bond acceptors (Lipinski definition) is 2. The zero-order valence-electron chi connectivity index (χ0n) is 11.6. The van der Waals surface area contributed by atoms with Gasteiger partial charge in [-0.1, -0.05) is 11.6 Å². The number of fused-ring (bicyclic) bond motifs is 1. The van der Waals surface area contributed by atoms with Crippen molar-refractivity contribution in [3.05, 3.63) is 78.2 Å². The molecule has 0 N–H and O–H groups in total. The van der Waals surface area contributed by atoms with Crippen LogP contribution in [0.1, 0.15) is 0 Å². The number of pyridine rings is 2. The molecule has 4 aromatic rings. The molecule has 0 bridgehead atoms. The standard InChI is InChI=1S/C18H12ClN3/c19-14-3-5-15(6-4-14)22-17-2-1-9-21-16(17)12-18(22)13-7-10-20-11-8-13/h1-12H. The number of aromatic nitrogens is 3. The van der Waals surface area contributed by atoms with Gasteiger partial charge in [0.25, 0.3) is 0 Å². The molecule has 0 aliphatic rings. The molecule has 4 heteroatoms. The first kappa shape index (κ1) is 13.0. The third kappa shape index (κ3) is 2.16. The summed E-state index contributed by atoms with van der Waals surface area (Å²) in [5.74, 6) is 0. The largest absolute Gasteiger partial charge is 0.308 e. The zero-order valence-corrected chi connectivity index (χ0v) is 12.4. The second-order valence-electron chi connectivity index (χ2n) is 4.99. The molecule has 0 radical (unpaired) electrons. The van der Waals surface area contributed by atoms with E-state index >= 15 is 0 Å². The SMILES string of the molecule is Clc1ccc(-n2c(-c3ccncc3)cc3ncccc32)cc1. The molecule has 3 aromatic heterocycles. The van der Waals surface area contributed by atoms with Crippen molar-refractivity contribution in [2.24, 2.45) is 0 Å². The molecule has 3 nitrogen and oxygen atoms in total. The highest BCUT2D eigenvalue weighted by Crippen LogP contribution is 2.30. The predicted octanol–water partition coefficient (Wildman–Crippen LogP) is 4.74. The van der Waals surface area contributed by atoms with Gasteiger partial charge in [0.2, 0.25) is 0 Å². The van der Waals surface area contributed by atoms with Crippen molar-refractivity contribution < 1.29 is 0 Å². The van der Waals surface area contributed by atoms with Gasteiger partial charge in [-0.25, -0.2) is 0 Å². The molecule has 0 saturated carbocycles. The summed E-state index contributed by atoms with van der Waals surface area (Å²) in [4.78, 5) is 8.57. The van der Waals surface area contributed by atoms with Crippen molar-refractivity contribution in [2.45, 2.75) is 0 Å². The van der Waals surface area contributed by atoms with Crippen LogP contribution in [0.15, 0.2) is 73.2 Å². The molecule has 0 saturated heterocycles. The second kappa shape index (κ2) is 5.28. The van der Waals surface area contributed by atoms with Crippen molar-refractivity contribution in [1.29, 1.82) is 0 Å². The van der Waals surface area contributed by atoms with Gasteiger partial charge in [-0.05, 0) is 54.6 Å². The molecule has 0 aliphatic heterocycles. The van der Waals surface area contributed by atoms with E-state index in [4.69, 9.17) is 11.6 Å². The second-order valence-corrected chi connectivity index (χ2v) is 5.42. The van der Waals surface area contributed by atoms with Gasteiger partial charge in [0, 0.05) is 34.9 Å². The molecule has 1 aromatic carbocycles. The number of benzene rings is 1. The fourth-order valence-electron chi connectivity index (χ4n) is 2.64. The Morgan fingerprint density at radius 2 is 1.64 bits per heavy atom. The van der Waals surface area contributed by atoms with Crippen LogP contribution in [-0.4, -0.2) is 14.5 Å². The Balaban J connectivity index is 2.04. The van der Waals surface area contributed by atoms with E-state index in [0.717, 1.165) is 33.0 Å². The van der Waals surface area contributed by atoms with Crippen LogP contribution < -0.4 is 0 Å². The third-order valence-electron chi connectivity index (χ3n) is 3.63. The Morgan fingerprint density at radius 1 is 0.864 bits per heavy atom. The number of nitrogens with zero attached hydrogens (tertiary/aromatic N) is 3. The summed E-state index contributed by atoms with van der Waals surface area (Å²) >= 11 is 6.02. The topological polar surface area (TPSA) is 30.7 Å². The van der Waals surface area contributed by atoms with E-state index in [9.17, 15) is 0 Å². The van der Waals surface area contributed by atoms with Crippen LogP contribution in [0.3, 0.4) is 0 Å². The Kier molecular flexibility index (Phi) is 3.13. The van der Waals surface area contributed by atoms with Crippen molar-refractivity contribution in [3.8, 4) is 16.9 Å². The maximum Gasteiger partial charge on any atom is 0.0891 e. The molecule has 0 amide bonds. The number of rotatable bonds is 2. The summed E-state index contributed by atoms with van der Waals surface area (Å²) in [7, 11) is 0. The molecule has 0 unspecified atom stereocenters. The molecule has 4 rings (SSSR count). The molecule has 3 heterocycles. The van der Waals surface area contributed by atoms with E-state index in [0.29, 0.717) is 0 Å². The van der Waals surface area contributed by atoms with Gasteiger partial charge >= 0.3 is 0 Å². The van der Waals surface area contributed by atoms with E-state index in [1.807, 2.05) is 48.7 Å². The molecule has 106 valence electrons. The molecule has 0 aliphatic carbocycles. The highest BCUT2D eigenvalue weighted by molar-refractivity contribution is 6.30. The average Bonchev–Trinajstić information content (AvgIpc) is 2.96. The first-order valence-electron chi connectivity index (χ1n) is 6.96. The normalized spacial score (nSPS) is 11.0. The fourth-order valence-corrected chi connectivity index (χ4v) is 2.76. The minimum atomic E-state index is 0.726. The van der Waals surface area contributed by atoms with E-state index < -0.39 is 0 Å². The minimum Gasteiger partial charge on any atom is -0.308 e. The van der Waals surface area contributed by atoms with Gasteiger partial charge < -0.3 is 4.57 Å². The van der Waals surface area contributed by atoms with Crippen molar-refractivity contribution in [2.75, 3.05) is 0 Å². The van der Waals surface area contributed by atoms with Gasteiger partial charge in [-0.3, -0.25) is 9.97 Å². The van der Waals surface area contributed by atoms with Crippen LogP contribution in [0, 0.1) is 0 Å². The third-order valence-corrected chi connectivity index (χ3v) is 3.88. The summed E-state index contributed by atoms with van der Waals surface area (Å²) in [6.07, 6.45) is 5.41. The summed E-state index contributed by atoms with van der Waals surface area (Å²) in [6.45, 7) is 0. The van der Waals surface area contributed by atoms with Gasteiger partial charge in [0.1, 0.15) is 0 Å². The van der Waals surface area contributed by atoms with Crippen LogP contribution in [0.5, 0.6) is 0 Å². The van der Waals surface area contributed by atoms with E-state index in [-0.39, 0.29) is 0 Å². The molecule has 0 atom stereocenters. The molecular formula is C18H12ClN3. The lowest BCUT2D eigenvalue weighted by atomic mass is 10.2. The van der Waals surface area contributed by atoms with Crippen LogP contribution in [0.2, 0.25) is 5.02 Å². The number of halogens is 1. The smallest absolute Gasteiger partial charge is 0.0891 e. The van der Waals surface area contributed by atoms with Crippen LogP contribution in [0.25, 0.3) is 28.0 Å². The van der Waals surface area contributed by atoms with Gasteiger partial charge in [-0.2, -0.15) is 0 Å². The van der Waals surface area contributed by atoms with Crippen LogP contribution in [0.4, 0.5) is 0 Å². The first-order chi connectivity index (χ1) is 10.8. The zero-order chi connectivity index (χ0) is 14.9. The lowest BCUT2D eigenvalue weighted by molar-refractivity contribution is 1.13. The van der Waals surface area contributed by atoms with Crippen molar-refractivity contribution in [3.63, 3.8) is 0 Å². The highest BCUT2D eigenvalue weighted by atomic mass is 35.5. The summed E-state index contributed by atoms with van der Waals surface area (Å²) in [5, 5.41) is 0.726. The first-order valence-corrected chi connectivity index (χ1v) is 7.33. The van der Waals surface area contributed by atoms with Gasteiger partial charge in [0.05, 0.1) is 16.7 Å². The van der Waals surface area contributed by atoms with Crippen molar-refractivity contribution >= 4 is 22.6 Å². The van der Waals surface area contributed by atoms with Gasteiger partial charge in [0.15, 0.2) is 0 Å². The van der Waals surface area contributed by atoms with Crippen LogP contribution >= 0.6 is 11.6 Å². The van der Waals surface area contributed by atoms with Gasteiger partial charge in [-0.15, -0.1) is 0 Å². The van der Waals surface area contributed by atoms with E-state index in [1.54, 1.807) is 12.4 Å². The molecule has 22 heavy (non-hydrogen) atoms. The highest BCUT2D eigenvalue weighted by Gasteiger charge is 2.12. The average molecular weight is 306 g/mol. The van der Waals surface area contributed by atoms with E-state index in [1.165, 1.54) is 0 Å². The maximum absolute atomic E-state index is 6.02. The summed E-state index contributed by atoms with van der Waals surface area (Å²) < 4.78 is 2.19. The molecular weight excluding hydrogens is 294 g/mol. The Morgan fingerprint density at radius 3 is 2.41 bits per heavy atom. The quantitative estimate of drug-likeness (QED) is 0.535. The van der Waals surface area contributed by atoms with Crippen LogP contribution in [-0.2, 0) is 0 Å². The summed E-state index contributed by atoms with van der Waals surface area (Å²) in [6, 6.07) is 17.9. The monoisotopic (exact) mass is 305 g/mol. The Labute approximate surface area is 132 Å². The maximum atomic E-state index is 6.02. The van der Waals surface area contributed by atoms with E-state index in [2.05, 4.69) is 26.7 Å². The lowest BCUT2D eigenvalue weighted by Gasteiger charge is -2.11. The van der Waals surface area contributed by atoms with Crippen molar-refractivity contribution in [1.82, 2.24) is 14.5 Å². The molecule has 0 spiro atoms. The Bertz CT molecular complexity index is 928.